The highest BCUT2D eigenvalue weighted by molar-refractivity contribution is 7.91. The fourth-order valence-corrected chi connectivity index (χ4v) is 12.1. The molecule has 0 aliphatic carbocycles. The monoisotopic (exact) mass is 880 g/mol. The lowest BCUT2D eigenvalue weighted by atomic mass is 9.86. The van der Waals surface area contributed by atoms with Crippen molar-refractivity contribution in [3.05, 3.63) is 117 Å². The predicted molar refractivity (Wildman–Crippen MR) is 248 cm³/mol. The summed E-state index contributed by atoms with van der Waals surface area (Å²) in [6, 6.07) is 24.1. The number of nitrogens with one attached hydrogen (secondary N) is 2. The van der Waals surface area contributed by atoms with Gasteiger partial charge in [-0.15, -0.1) is 0 Å². The van der Waals surface area contributed by atoms with E-state index in [0.717, 1.165) is 85.9 Å². The number of nitro groups is 1. The van der Waals surface area contributed by atoms with Crippen molar-refractivity contribution in [1.29, 1.82) is 0 Å². The van der Waals surface area contributed by atoms with Gasteiger partial charge in [-0.3, -0.25) is 15.4 Å². The zero-order chi connectivity index (χ0) is 43.7. The molecule has 14 heteroatoms. The number of nitrogens with zero attached hydrogens (tertiary/aromatic N) is 2. The number of non-ortho nitro benzene ring substituents is 1. The molecule has 3 atom stereocenters. The molecule has 0 bridgehead atoms. The fourth-order valence-electron chi connectivity index (χ4n) is 8.27. The lowest BCUT2D eigenvalue weighted by Crippen LogP contribution is -2.50. The summed E-state index contributed by atoms with van der Waals surface area (Å²) in [7, 11) is 0.182. The Morgan fingerprint density at radius 3 is 1.75 bits per heavy atom. The minimum absolute atomic E-state index is 0. The first-order valence-electron chi connectivity index (χ1n) is 21.0. The van der Waals surface area contributed by atoms with E-state index < -0.39 is 36.2 Å². The molecule has 3 unspecified atom stereocenters. The van der Waals surface area contributed by atoms with Crippen LogP contribution in [-0.4, -0.2) is 73.2 Å². The van der Waals surface area contributed by atoms with Gasteiger partial charge in [-0.25, -0.2) is 16.8 Å². The van der Waals surface area contributed by atoms with Crippen LogP contribution in [0.5, 0.6) is 11.5 Å². The van der Waals surface area contributed by atoms with E-state index in [2.05, 4.69) is 31.4 Å². The maximum absolute atomic E-state index is 13.7. The summed E-state index contributed by atoms with van der Waals surface area (Å²) in [6.45, 7) is 6.39. The Hall–Kier alpha value is -4.50. The first-order valence-corrected chi connectivity index (χ1v) is 24.3. The van der Waals surface area contributed by atoms with Gasteiger partial charge in [-0.1, -0.05) is 91.0 Å². The largest absolute Gasteiger partial charge is 0.497 e. The van der Waals surface area contributed by atoms with Gasteiger partial charge in [0, 0.05) is 44.9 Å². The van der Waals surface area contributed by atoms with Gasteiger partial charge in [-0.2, -0.15) is 0 Å². The Kier molecular flexibility index (Phi) is 17.4. The highest BCUT2D eigenvalue weighted by Gasteiger charge is 2.42. The summed E-state index contributed by atoms with van der Waals surface area (Å²) < 4.78 is 64.0. The highest BCUT2D eigenvalue weighted by atomic mass is 32.2. The second kappa shape index (κ2) is 21.5. The number of ether oxygens (including phenoxy) is 2. The molecule has 61 heavy (non-hydrogen) atoms. The van der Waals surface area contributed by atoms with Gasteiger partial charge < -0.3 is 19.7 Å². The Labute approximate surface area is 365 Å². The second-order valence-corrected chi connectivity index (χ2v) is 20.1. The number of unbranched alkanes of at least 4 members (excludes halogenated alkanes) is 3. The van der Waals surface area contributed by atoms with Crippen LogP contribution in [0, 0.1) is 10.1 Å². The Balaban J connectivity index is 0.000000323. The van der Waals surface area contributed by atoms with Crippen LogP contribution in [-0.2, 0) is 19.7 Å². The molecule has 0 amide bonds. The van der Waals surface area contributed by atoms with Crippen molar-refractivity contribution in [2.75, 3.05) is 44.7 Å². The van der Waals surface area contributed by atoms with Crippen LogP contribution in [0.2, 0.25) is 0 Å². The van der Waals surface area contributed by atoms with Gasteiger partial charge >= 0.3 is 0 Å². The number of benzene rings is 4. The van der Waals surface area contributed by atoms with Crippen molar-refractivity contribution in [2.45, 2.75) is 119 Å². The third-order valence-corrected chi connectivity index (χ3v) is 15.4. The molecule has 6 rings (SSSR count). The van der Waals surface area contributed by atoms with Crippen LogP contribution in [0.15, 0.2) is 94.7 Å². The molecule has 0 radical (unpaired) electrons. The van der Waals surface area contributed by atoms with Gasteiger partial charge in [0.1, 0.15) is 11.5 Å². The average Bonchev–Trinajstić information content (AvgIpc) is 3.42. The minimum atomic E-state index is -3.56. The maximum atomic E-state index is 13.7. The molecule has 0 saturated heterocycles. The number of methoxy groups -OCH3 is 2. The molecule has 0 aromatic heterocycles. The van der Waals surface area contributed by atoms with Crippen molar-refractivity contribution < 1.29 is 32.7 Å². The molecule has 4 aromatic carbocycles. The third kappa shape index (κ3) is 11.9. The van der Waals surface area contributed by atoms with Crippen LogP contribution < -0.4 is 25.0 Å². The number of sulfone groups is 2. The van der Waals surface area contributed by atoms with E-state index in [1.165, 1.54) is 18.2 Å². The first kappa shape index (κ1) is 49.2. The Morgan fingerprint density at radius 2 is 1.25 bits per heavy atom. The van der Waals surface area contributed by atoms with Gasteiger partial charge in [0.25, 0.3) is 5.69 Å². The molecular formula is C47H68N4O8S2. The van der Waals surface area contributed by atoms with E-state index in [4.69, 9.17) is 9.47 Å². The van der Waals surface area contributed by atoms with Crippen molar-refractivity contribution in [3.63, 3.8) is 0 Å². The number of fused-ring (bicyclic) bond motifs is 2. The molecule has 4 aromatic rings. The number of hydrogen-bond donors (Lipinski definition) is 2. The smallest absolute Gasteiger partial charge is 0.269 e. The van der Waals surface area contributed by atoms with E-state index in [-0.39, 0.29) is 43.0 Å². The second-order valence-electron chi connectivity index (χ2n) is 16.2. The topological polar surface area (TPSA) is 157 Å². The van der Waals surface area contributed by atoms with Crippen LogP contribution in [0.1, 0.15) is 122 Å². The fraction of sp³-hybridized carbons (Fsp3) is 0.489. The van der Waals surface area contributed by atoms with Gasteiger partial charge in [-0.05, 0) is 90.0 Å². The molecule has 2 aliphatic rings. The molecule has 12 nitrogen and oxygen atoms in total. The number of anilines is 1. The SMILES string of the molecule is C.CCCCC1(CCCC)CS(=O)(=O)c2ccc(N(C)C)cc2C(c2ccc(OC)cc2)N1.CCCCC1CS(=O)(=O)c2ccc([N+](=O)[O-])cc2C(c2ccc(OC)cc2)N1.[HH]. The third-order valence-electron chi connectivity index (χ3n) is 11.6. The van der Waals surface area contributed by atoms with E-state index in [1.807, 2.05) is 67.5 Å². The van der Waals surface area contributed by atoms with Crippen molar-refractivity contribution >= 4 is 31.0 Å². The van der Waals surface area contributed by atoms with Gasteiger partial charge in [0.05, 0.1) is 52.5 Å². The van der Waals surface area contributed by atoms with E-state index in [9.17, 15) is 26.9 Å². The molecule has 2 N–H and O–H groups in total. The van der Waals surface area contributed by atoms with E-state index in [0.29, 0.717) is 16.2 Å². The molecular weight excluding hydrogens is 813 g/mol. The number of rotatable bonds is 15. The molecule has 2 aliphatic heterocycles. The summed E-state index contributed by atoms with van der Waals surface area (Å²) in [5.74, 6) is 1.60. The molecule has 2 heterocycles. The van der Waals surface area contributed by atoms with E-state index >= 15 is 0 Å². The van der Waals surface area contributed by atoms with Crippen molar-refractivity contribution in [3.8, 4) is 11.5 Å². The quantitative estimate of drug-likeness (QED) is 0.0865. The maximum Gasteiger partial charge on any atom is 0.269 e. The van der Waals surface area contributed by atoms with Crippen LogP contribution in [0.25, 0.3) is 0 Å². The van der Waals surface area contributed by atoms with Crippen LogP contribution in [0.3, 0.4) is 0 Å². The molecule has 0 saturated carbocycles. The summed E-state index contributed by atoms with van der Waals surface area (Å²) in [6.07, 6.45) is 8.37. The molecule has 336 valence electrons. The van der Waals surface area contributed by atoms with E-state index in [1.54, 1.807) is 32.4 Å². The number of hydrogen-bond acceptors (Lipinski definition) is 11. The minimum Gasteiger partial charge on any atom is -0.497 e. The first-order chi connectivity index (χ1) is 28.6. The van der Waals surface area contributed by atoms with Gasteiger partial charge in [0.15, 0.2) is 19.7 Å². The molecule has 0 spiro atoms. The van der Waals surface area contributed by atoms with Crippen LogP contribution >= 0.6 is 0 Å². The Morgan fingerprint density at radius 1 is 0.738 bits per heavy atom. The summed E-state index contributed by atoms with van der Waals surface area (Å²) in [5.41, 5.74) is 3.55. The lowest BCUT2D eigenvalue weighted by Gasteiger charge is -2.37. The van der Waals surface area contributed by atoms with Crippen LogP contribution in [0.4, 0.5) is 11.4 Å². The average molecular weight is 881 g/mol. The lowest BCUT2D eigenvalue weighted by molar-refractivity contribution is -0.385. The number of nitro benzene ring substituents is 1. The van der Waals surface area contributed by atoms with Crippen molar-refractivity contribution in [2.24, 2.45) is 0 Å². The Bertz CT molecular complexity index is 2280. The normalized spacial score (nSPS) is 19.6. The summed E-state index contributed by atoms with van der Waals surface area (Å²) in [5, 5.41) is 18.6. The zero-order valence-corrected chi connectivity index (χ0v) is 37.7. The van der Waals surface area contributed by atoms with Crippen molar-refractivity contribution in [1.82, 2.24) is 10.6 Å². The summed E-state index contributed by atoms with van der Waals surface area (Å²) in [4.78, 5) is 13.4. The predicted octanol–water partition coefficient (Wildman–Crippen LogP) is 9.86. The summed E-state index contributed by atoms with van der Waals surface area (Å²) >= 11 is 0. The highest BCUT2D eigenvalue weighted by Crippen LogP contribution is 2.41. The standard InChI is InChI=1S/C26H38N2O3S.C20H24N2O5S.CH4.H2/c1-6-8-16-26(17-9-7-2)19-32(29,30)24-15-12-21(28(3)4)18-23(24)25(27-26)20-10-13-22(31-5)14-11-20;1-3-4-5-15-13-28(25,26)19-11-8-16(22(23)24)12-18(19)20(21-15)14-6-9-17(27-2)10-7-14;;/h10-15,18,25,27H,6-9,16-17,19H2,1-5H3;6-12,15,20-21H,3-5,13H2,1-2H3;1H4;1H. The zero-order valence-electron chi connectivity index (χ0n) is 36.1. The molecule has 0 fully saturated rings. The van der Waals surface area contributed by atoms with Gasteiger partial charge in [0.2, 0.25) is 0 Å².